The molecule has 8 heteroatoms. The second-order valence-corrected chi connectivity index (χ2v) is 9.77. The number of carbonyl (C=O) groups excluding carboxylic acids is 2. The number of amides is 2. The number of thioether (sulfide) groups is 1. The van der Waals surface area contributed by atoms with Crippen LogP contribution in [0.25, 0.3) is 0 Å². The van der Waals surface area contributed by atoms with Gasteiger partial charge in [-0.05, 0) is 36.6 Å². The van der Waals surface area contributed by atoms with Gasteiger partial charge in [-0.2, -0.15) is 0 Å². The number of aryl methyl sites for hydroxylation is 1. The number of hydrogen-bond acceptors (Lipinski definition) is 4. The van der Waals surface area contributed by atoms with Crippen LogP contribution in [0.2, 0.25) is 0 Å². The molecule has 1 saturated heterocycles. The van der Waals surface area contributed by atoms with Crippen LogP contribution in [0.3, 0.4) is 0 Å². The summed E-state index contributed by atoms with van der Waals surface area (Å²) in [5.74, 6) is -1.36. The Bertz CT molecular complexity index is 1180. The van der Waals surface area contributed by atoms with Crippen molar-refractivity contribution in [2.24, 2.45) is 0 Å². The highest BCUT2D eigenvalue weighted by atomic mass is 32.2. The number of thiophene rings is 1. The Morgan fingerprint density at radius 3 is 2.61 bits per heavy atom. The molecule has 0 N–H and O–H groups in total. The maximum Gasteiger partial charge on any atom is 0.268 e. The Kier molecular flexibility index (Phi) is 4.86. The average Bonchev–Trinajstić information content (AvgIpc) is 3.47. The maximum atomic E-state index is 14.4. The van der Waals surface area contributed by atoms with Crippen LogP contribution in [0.15, 0.2) is 53.9 Å². The molecule has 2 aliphatic heterocycles. The fourth-order valence-electron chi connectivity index (χ4n) is 4.26. The Balaban J connectivity index is 1.63. The van der Waals surface area contributed by atoms with Crippen molar-refractivity contribution in [2.75, 3.05) is 17.2 Å². The van der Waals surface area contributed by atoms with E-state index in [4.69, 9.17) is 0 Å². The van der Waals surface area contributed by atoms with E-state index in [2.05, 4.69) is 0 Å². The summed E-state index contributed by atoms with van der Waals surface area (Å²) in [6.07, 6.45) is 0. The zero-order chi connectivity index (χ0) is 21.8. The molecule has 2 amide bonds. The molecule has 0 bridgehead atoms. The predicted octanol–water partition coefficient (Wildman–Crippen LogP) is 4.92. The Morgan fingerprint density at radius 2 is 1.90 bits per heavy atom. The van der Waals surface area contributed by atoms with Crippen LogP contribution in [0.4, 0.5) is 14.5 Å². The summed E-state index contributed by atoms with van der Waals surface area (Å²) in [5.41, 5.74) is 2.05. The minimum absolute atomic E-state index is 0.168. The van der Waals surface area contributed by atoms with Gasteiger partial charge in [0.1, 0.15) is 11.6 Å². The zero-order valence-corrected chi connectivity index (χ0v) is 18.2. The summed E-state index contributed by atoms with van der Waals surface area (Å²) in [6.45, 7) is 2.10. The molecular formula is C23H18F2N2O2S2. The first kappa shape index (κ1) is 20.2. The quantitative estimate of drug-likeness (QED) is 0.562. The smallest absolute Gasteiger partial charge is 0.268 e. The summed E-state index contributed by atoms with van der Waals surface area (Å²) in [7, 11) is 0. The monoisotopic (exact) mass is 456 g/mol. The van der Waals surface area contributed by atoms with Gasteiger partial charge in [0.25, 0.3) is 11.8 Å². The highest BCUT2D eigenvalue weighted by Crippen LogP contribution is 2.55. The first-order valence-electron chi connectivity index (χ1n) is 9.79. The van der Waals surface area contributed by atoms with Gasteiger partial charge in [0, 0.05) is 23.4 Å². The van der Waals surface area contributed by atoms with E-state index in [0.717, 1.165) is 5.56 Å². The average molecular weight is 457 g/mol. The van der Waals surface area contributed by atoms with E-state index in [9.17, 15) is 18.4 Å². The largest absolute Gasteiger partial charge is 0.310 e. The topological polar surface area (TPSA) is 40.6 Å². The Morgan fingerprint density at radius 1 is 1.13 bits per heavy atom. The van der Waals surface area contributed by atoms with Gasteiger partial charge in [-0.25, -0.2) is 8.78 Å². The van der Waals surface area contributed by atoms with E-state index >= 15 is 0 Å². The van der Waals surface area contributed by atoms with E-state index in [1.165, 1.54) is 46.2 Å². The molecule has 5 rings (SSSR count). The lowest BCUT2D eigenvalue weighted by atomic mass is 10.0. The van der Waals surface area contributed by atoms with Gasteiger partial charge in [0.05, 0.1) is 17.1 Å². The molecule has 0 saturated carbocycles. The molecule has 1 spiro atoms. The van der Waals surface area contributed by atoms with Gasteiger partial charge >= 0.3 is 0 Å². The third-order valence-electron chi connectivity index (χ3n) is 5.70. The highest BCUT2D eigenvalue weighted by molar-refractivity contribution is 8.01. The summed E-state index contributed by atoms with van der Waals surface area (Å²) in [6, 6.07) is 12.8. The summed E-state index contributed by atoms with van der Waals surface area (Å²) in [4.78, 5) is 29.5. The fraction of sp³-hybridized carbons (Fsp3) is 0.217. The maximum absolute atomic E-state index is 14.4. The van der Waals surface area contributed by atoms with E-state index in [-0.39, 0.29) is 23.9 Å². The molecule has 4 nitrogen and oxygen atoms in total. The molecule has 3 heterocycles. The SMILES string of the molecule is Cc1ccc2c(c1)C1(SCCN1C(=O)c1cccs1)C(=O)N2Cc1c(F)cccc1F. The number of halogens is 2. The van der Waals surface area contributed by atoms with Crippen LogP contribution in [0.5, 0.6) is 0 Å². The summed E-state index contributed by atoms with van der Waals surface area (Å²) in [5, 5.41) is 1.82. The predicted molar refractivity (Wildman–Crippen MR) is 118 cm³/mol. The van der Waals surface area contributed by atoms with Crippen molar-refractivity contribution >= 4 is 40.6 Å². The van der Waals surface area contributed by atoms with E-state index in [1.807, 2.05) is 24.4 Å². The number of hydrogen-bond donors (Lipinski definition) is 0. The molecule has 1 aromatic heterocycles. The lowest BCUT2D eigenvalue weighted by Crippen LogP contribution is -2.50. The van der Waals surface area contributed by atoms with Crippen LogP contribution in [-0.2, 0) is 16.2 Å². The van der Waals surface area contributed by atoms with Crippen molar-refractivity contribution < 1.29 is 18.4 Å². The Labute approximate surface area is 186 Å². The molecule has 2 aliphatic rings. The first-order chi connectivity index (χ1) is 14.9. The van der Waals surface area contributed by atoms with Crippen LogP contribution >= 0.6 is 23.1 Å². The van der Waals surface area contributed by atoms with Gasteiger partial charge in [-0.15, -0.1) is 23.1 Å². The minimum Gasteiger partial charge on any atom is -0.310 e. The number of carbonyl (C=O) groups is 2. The van der Waals surface area contributed by atoms with Crippen molar-refractivity contribution in [3.63, 3.8) is 0 Å². The van der Waals surface area contributed by atoms with Crippen LogP contribution < -0.4 is 4.90 Å². The molecule has 1 atom stereocenters. The molecule has 0 radical (unpaired) electrons. The molecule has 31 heavy (non-hydrogen) atoms. The fourth-order valence-corrected chi connectivity index (χ4v) is 6.38. The molecule has 0 aliphatic carbocycles. The molecule has 1 fully saturated rings. The lowest BCUT2D eigenvalue weighted by molar-refractivity contribution is -0.123. The van der Waals surface area contributed by atoms with Crippen LogP contribution in [0, 0.1) is 18.6 Å². The van der Waals surface area contributed by atoms with Gasteiger partial charge in [-0.1, -0.05) is 29.8 Å². The normalized spacial score (nSPS) is 20.0. The molecular weight excluding hydrogens is 438 g/mol. The van der Waals surface area contributed by atoms with Crippen LogP contribution in [0.1, 0.15) is 26.4 Å². The van der Waals surface area contributed by atoms with E-state index in [1.54, 1.807) is 23.1 Å². The third-order valence-corrected chi connectivity index (χ3v) is 7.98. The van der Waals surface area contributed by atoms with E-state index in [0.29, 0.717) is 28.4 Å². The second kappa shape index (κ2) is 7.46. The van der Waals surface area contributed by atoms with Crippen LogP contribution in [-0.4, -0.2) is 29.0 Å². The second-order valence-electron chi connectivity index (χ2n) is 7.54. The van der Waals surface area contributed by atoms with Gasteiger partial charge in [-0.3, -0.25) is 9.59 Å². The third kappa shape index (κ3) is 3.00. The number of benzene rings is 2. The van der Waals surface area contributed by atoms with Crippen molar-refractivity contribution in [3.05, 3.63) is 87.1 Å². The van der Waals surface area contributed by atoms with Crippen molar-refractivity contribution in [1.82, 2.24) is 4.90 Å². The molecule has 1 unspecified atom stereocenters. The molecule has 158 valence electrons. The van der Waals surface area contributed by atoms with Crippen molar-refractivity contribution in [3.8, 4) is 0 Å². The number of anilines is 1. The summed E-state index contributed by atoms with van der Waals surface area (Å²) >= 11 is 2.73. The standard InChI is InChI=1S/C23H18F2N2O2S2/c1-14-7-8-19-16(12-14)23(27(9-11-31-23)21(28)20-6-3-10-30-20)22(29)26(19)13-15-17(24)4-2-5-18(15)25/h2-8,10,12H,9,11,13H2,1H3. The van der Waals surface area contributed by atoms with Crippen molar-refractivity contribution in [1.29, 1.82) is 0 Å². The summed E-state index contributed by atoms with van der Waals surface area (Å²) < 4.78 is 28.8. The van der Waals surface area contributed by atoms with Gasteiger partial charge in [0.15, 0.2) is 4.87 Å². The molecule has 2 aromatic carbocycles. The minimum atomic E-state index is -1.23. The Hall–Kier alpha value is -2.71. The number of nitrogens with zero attached hydrogens (tertiary/aromatic N) is 2. The highest BCUT2D eigenvalue weighted by Gasteiger charge is 2.59. The van der Waals surface area contributed by atoms with Gasteiger partial charge < -0.3 is 9.80 Å². The number of fused-ring (bicyclic) bond motifs is 2. The van der Waals surface area contributed by atoms with E-state index < -0.39 is 16.5 Å². The first-order valence-corrected chi connectivity index (χ1v) is 11.7. The number of rotatable bonds is 3. The lowest BCUT2D eigenvalue weighted by Gasteiger charge is -2.33. The van der Waals surface area contributed by atoms with Crippen molar-refractivity contribution in [2.45, 2.75) is 18.3 Å². The molecule has 3 aromatic rings. The zero-order valence-electron chi connectivity index (χ0n) is 16.6. The van der Waals surface area contributed by atoms with Gasteiger partial charge in [0.2, 0.25) is 0 Å².